The molecule has 0 spiro atoms. The van der Waals surface area contributed by atoms with Crippen molar-refractivity contribution in [2.24, 2.45) is 0 Å². The molecule has 3 N–H and O–H groups in total. The third-order valence-electron chi connectivity index (χ3n) is 7.66. The van der Waals surface area contributed by atoms with Gasteiger partial charge < -0.3 is 14.6 Å². The molecule has 0 aromatic heterocycles. The summed E-state index contributed by atoms with van der Waals surface area (Å²) in [5.41, 5.74) is 0.822. The van der Waals surface area contributed by atoms with Crippen LogP contribution in [0.3, 0.4) is 0 Å². The predicted molar refractivity (Wildman–Crippen MR) is 155 cm³/mol. The second-order valence-corrected chi connectivity index (χ2v) is 10.7. The van der Waals surface area contributed by atoms with Gasteiger partial charge in [0, 0.05) is 12.8 Å². The van der Waals surface area contributed by atoms with E-state index in [2.05, 4.69) is 10.6 Å². The van der Waals surface area contributed by atoms with E-state index in [0.29, 0.717) is 18.1 Å². The lowest BCUT2D eigenvalue weighted by atomic mass is 10.0. The fourth-order valence-electron chi connectivity index (χ4n) is 5.46. The Bertz CT molecular complexity index is 1550. The molecule has 2 aromatic rings. The van der Waals surface area contributed by atoms with E-state index in [4.69, 9.17) is 14.6 Å². The lowest BCUT2D eigenvalue weighted by Gasteiger charge is -2.27. The van der Waals surface area contributed by atoms with E-state index in [1.54, 1.807) is 6.07 Å². The summed E-state index contributed by atoms with van der Waals surface area (Å²) in [4.78, 5) is 98.0. The number of nitrogens with zero attached hydrogens (tertiary/aromatic N) is 2. The number of amides is 8. The van der Waals surface area contributed by atoms with Crippen molar-refractivity contribution in [1.82, 2.24) is 20.4 Å². The van der Waals surface area contributed by atoms with Crippen molar-refractivity contribution >= 4 is 47.3 Å². The first-order chi connectivity index (χ1) is 22.0. The van der Waals surface area contributed by atoms with E-state index in [1.807, 2.05) is 6.92 Å². The van der Waals surface area contributed by atoms with Gasteiger partial charge in [-0.05, 0) is 55.7 Å². The number of carbonyl (C=O) groups excluding carboxylic acids is 8. The van der Waals surface area contributed by atoms with E-state index in [9.17, 15) is 38.4 Å². The lowest BCUT2D eigenvalue weighted by Crippen LogP contribution is -2.54. The SMILES string of the molecule is CCCOc1ccc2c(c1)C(=O)N(C1CCC(=O)NC1=O)C2=O.O=C1CCC(N2C(=O)c3ccc(OCCO)cc3C2=O)C(=O)N1. The van der Waals surface area contributed by atoms with Crippen LogP contribution in [0.2, 0.25) is 0 Å². The molecule has 0 saturated carbocycles. The van der Waals surface area contributed by atoms with Crippen LogP contribution < -0.4 is 20.1 Å². The summed E-state index contributed by atoms with van der Waals surface area (Å²) in [6, 6.07) is 7.15. The van der Waals surface area contributed by atoms with Gasteiger partial charge in [-0.1, -0.05) is 6.92 Å². The third-order valence-corrected chi connectivity index (χ3v) is 7.66. The maximum atomic E-state index is 12.5. The van der Waals surface area contributed by atoms with Gasteiger partial charge in [-0.3, -0.25) is 58.8 Å². The highest BCUT2D eigenvalue weighted by Gasteiger charge is 2.46. The number of fused-ring (bicyclic) bond motifs is 2. The zero-order valence-electron chi connectivity index (χ0n) is 24.7. The standard InChI is InChI=1S/C16H16N2O5.C15H14N2O6/c1-2-7-23-9-3-4-10-11(8-9)16(22)18(15(10)21)12-5-6-13(19)17-14(12)20;18-5-6-23-8-1-2-9-10(7-8)15(22)17(14(9)21)11-3-4-12(19)16-13(11)20/h3-4,8,12H,2,5-7H2,1H3,(H,17,19,20);1-2,7,11,18H,3-6H2,(H,16,19,20). The summed E-state index contributed by atoms with van der Waals surface area (Å²) in [6.45, 7) is 2.37. The van der Waals surface area contributed by atoms with Crippen LogP contribution in [0.5, 0.6) is 11.5 Å². The van der Waals surface area contributed by atoms with Crippen molar-refractivity contribution in [3.8, 4) is 11.5 Å². The first-order valence-corrected chi connectivity index (χ1v) is 14.6. The number of rotatable bonds is 8. The Hall–Kier alpha value is -5.44. The minimum Gasteiger partial charge on any atom is -0.494 e. The van der Waals surface area contributed by atoms with Crippen molar-refractivity contribution < 1.29 is 52.9 Å². The second-order valence-electron chi connectivity index (χ2n) is 10.7. The molecule has 2 unspecified atom stereocenters. The molecule has 4 aliphatic rings. The molecule has 2 atom stereocenters. The van der Waals surface area contributed by atoms with Crippen LogP contribution in [0.15, 0.2) is 36.4 Å². The molecule has 2 aromatic carbocycles. The van der Waals surface area contributed by atoms with Gasteiger partial charge in [0.15, 0.2) is 0 Å². The quantitative estimate of drug-likeness (QED) is 0.338. The topological polar surface area (TPSA) is 206 Å². The number of hydrogen-bond acceptors (Lipinski definition) is 11. The average molecular weight is 635 g/mol. The second kappa shape index (κ2) is 13.3. The molecule has 0 bridgehead atoms. The Balaban J connectivity index is 0.000000181. The smallest absolute Gasteiger partial charge is 0.262 e. The summed E-state index contributed by atoms with van der Waals surface area (Å²) >= 11 is 0. The molecule has 240 valence electrons. The molecule has 0 aliphatic carbocycles. The van der Waals surface area contributed by atoms with E-state index in [1.165, 1.54) is 30.3 Å². The van der Waals surface area contributed by atoms with Crippen LogP contribution in [0.4, 0.5) is 0 Å². The number of aliphatic hydroxyl groups is 1. The van der Waals surface area contributed by atoms with Crippen LogP contribution in [-0.2, 0) is 19.2 Å². The number of carbonyl (C=O) groups is 8. The molecular formula is C31H30N4O11. The highest BCUT2D eigenvalue weighted by molar-refractivity contribution is 6.24. The molecule has 2 fully saturated rings. The number of benzene rings is 2. The summed E-state index contributed by atoms with van der Waals surface area (Å²) in [5, 5.41) is 13.1. The number of ether oxygens (including phenoxy) is 2. The molecule has 8 amide bonds. The van der Waals surface area contributed by atoms with E-state index < -0.39 is 59.3 Å². The number of hydrogen-bond donors (Lipinski definition) is 3. The molecule has 4 heterocycles. The summed E-state index contributed by atoms with van der Waals surface area (Å²) in [6.07, 6.45) is 1.27. The van der Waals surface area contributed by atoms with E-state index >= 15 is 0 Å². The molecule has 0 radical (unpaired) electrons. The monoisotopic (exact) mass is 634 g/mol. The highest BCUT2D eigenvalue weighted by atomic mass is 16.5. The van der Waals surface area contributed by atoms with Crippen LogP contribution in [-0.4, -0.2) is 94.1 Å². The number of nitrogens with one attached hydrogen (secondary N) is 2. The maximum absolute atomic E-state index is 12.5. The number of imide groups is 4. The van der Waals surface area contributed by atoms with Gasteiger partial charge >= 0.3 is 0 Å². The molecular weight excluding hydrogens is 604 g/mol. The summed E-state index contributed by atoms with van der Waals surface area (Å²) in [5.74, 6) is -3.39. The average Bonchev–Trinajstić information content (AvgIpc) is 3.43. The predicted octanol–water partition coefficient (Wildman–Crippen LogP) is 0.335. The Morgan fingerprint density at radius 3 is 1.46 bits per heavy atom. The molecule has 15 heteroatoms. The Morgan fingerprint density at radius 1 is 0.652 bits per heavy atom. The number of aliphatic hydroxyl groups excluding tert-OH is 1. The van der Waals surface area contributed by atoms with Crippen LogP contribution in [0, 0.1) is 0 Å². The largest absolute Gasteiger partial charge is 0.494 e. The van der Waals surface area contributed by atoms with Gasteiger partial charge in [-0.2, -0.15) is 0 Å². The van der Waals surface area contributed by atoms with Crippen molar-refractivity contribution in [3.05, 3.63) is 58.7 Å². The van der Waals surface area contributed by atoms with Gasteiger partial charge in [0.2, 0.25) is 23.6 Å². The van der Waals surface area contributed by atoms with Crippen molar-refractivity contribution in [1.29, 1.82) is 0 Å². The number of piperidine rings is 2. The molecule has 46 heavy (non-hydrogen) atoms. The van der Waals surface area contributed by atoms with E-state index in [-0.39, 0.29) is 61.2 Å². The van der Waals surface area contributed by atoms with Gasteiger partial charge in [0.25, 0.3) is 23.6 Å². The zero-order chi connectivity index (χ0) is 33.1. The Morgan fingerprint density at radius 2 is 1.07 bits per heavy atom. The van der Waals surface area contributed by atoms with Crippen LogP contribution in [0.25, 0.3) is 0 Å². The lowest BCUT2D eigenvalue weighted by molar-refractivity contribution is -0.137. The van der Waals surface area contributed by atoms with Crippen molar-refractivity contribution in [3.63, 3.8) is 0 Å². The molecule has 6 rings (SSSR count). The van der Waals surface area contributed by atoms with Gasteiger partial charge in [-0.25, -0.2) is 0 Å². The van der Waals surface area contributed by atoms with E-state index in [0.717, 1.165) is 16.2 Å². The van der Waals surface area contributed by atoms with Gasteiger partial charge in [-0.15, -0.1) is 0 Å². The van der Waals surface area contributed by atoms with Crippen LogP contribution >= 0.6 is 0 Å². The normalized spacial score (nSPS) is 20.6. The fraction of sp³-hybridized carbons (Fsp3) is 0.355. The molecule has 4 aliphatic heterocycles. The Labute approximate surface area is 261 Å². The van der Waals surface area contributed by atoms with Gasteiger partial charge in [0.05, 0.1) is 35.5 Å². The van der Waals surface area contributed by atoms with Crippen molar-refractivity contribution in [2.75, 3.05) is 19.8 Å². The molecule has 2 saturated heterocycles. The fourth-order valence-corrected chi connectivity index (χ4v) is 5.46. The summed E-state index contributed by atoms with van der Waals surface area (Å²) in [7, 11) is 0. The highest BCUT2D eigenvalue weighted by Crippen LogP contribution is 2.31. The minimum absolute atomic E-state index is 0.0672. The maximum Gasteiger partial charge on any atom is 0.262 e. The zero-order valence-corrected chi connectivity index (χ0v) is 24.7. The summed E-state index contributed by atoms with van der Waals surface area (Å²) < 4.78 is 10.7. The minimum atomic E-state index is -0.984. The van der Waals surface area contributed by atoms with Gasteiger partial charge in [0.1, 0.15) is 30.2 Å². The third kappa shape index (κ3) is 6.08. The van der Waals surface area contributed by atoms with Crippen molar-refractivity contribution in [2.45, 2.75) is 51.1 Å². The Kier molecular flexibility index (Phi) is 9.23. The first-order valence-electron chi connectivity index (χ1n) is 14.6. The molecule has 15 nitrogen and oxygen atoms in total. The first kappa shape index (κ1) is 32.0. The van der Waals surface area contributed by atoms with Crippen LogP contribution in [0.1, 0.15) is 80.5 Å².